The molecule has 1 amide bonds. The van der Waals surface area contributed by atoms with Gasteiger partial charge in [-0.1, -0.05) is 24.8 Å². The standard InChI is InChI=1S/C20H20N4O2S3/c1-11-6-12(2)8-14(7-11)24-18(26)17-15(9-13(3)29-17)22-20(24)28-10-16(25)23-19-21-4-5-27-19/h4-8,13H,9-10H2,1-3H3,(H,21,23,25). The molecule has 0 radical (unpaired) electrons. The van der Waals surface area contributed by atoms with Crippen molar-refractivity contribution in [2.24, 2.45) is 0 Å². The molecule has 3 heterocycles. The number of thiazole rings is 1. The highest BCUT2D eigenvalue weighted by molar-refractivity contribution is 8.00. The van der Waals surface area contributed by atoms with Crippen LogP contribution in [-0.2, 0) is 11.2 Å². The molecule has 1 aromatic carbocycles. The first-order valence-electron chi connectivity index (χ1n) is 9.14. The zero-order valence-corrected chi connectivity index (χ0v) is 18.7. The molecule has 0 saturated heterocycles. The van der Waals surface area contributed by atoms with Crippen LogP contribution in [-0.4, -0.2) is 31.4 Å². The smallest absolute Gasteiger partial charge is 0.272 e. The van der Waals surface area contributed by atoms with E-state index in [0.29, 0.717) is 20.4 Å². The number of thioether (sulfide) groups is 2. The lowest BCUT2D eigenvalue weighted by Gasteiger charge is -2.14. The maximum absolute atomic E-state index is 13.3. The van der Waals surface area contributed by atoms with Crippen molar-refractivity contribution in [1.82, 2.24) is 14.5 Å². The Bertz CT molecular complexity index is 1110. The summed E-state index contributed by atoms with van der Waals surface area (Å²) in [6, 6.07) is 6.02. The van der Waals surface area contributed by atoms with E-state index in [1.807, 2.05) is 26.0 Å². The van der Waals surface area contributed by atoms with Gasteiger partial charge in [0.1, 0.15) is 0 Å². The summed E-state index contributed by atoms with van der Waals surface area (Å²) in [5.41, 5.74) is 3.70. The molecule has 6 nitrogen and oxygen atoms in total. The molecule has 1 aliphatic heterocycles. The van der Waals surface area contributed by atoms with Gasteiger partial charge >= 0.3 is 0 Å². The molecule has 0 saturated carbocycles. The number of hydrogen-bond donors (Lipinski definition) is 1. The van der Waals surface area contributed by atoms with Crippen LogP contribution in [0.4, 0.5) is 5.13 Å². The highest BCUT2D eigenvalue weighted by Gasteiger charge is 2.27. The van der Waals surface area contributed by atoms with Gasteiger partial charge in [-0.3, -0.25) is 14.2 Å². The van der Waals surface area contributed by atoms with Crippen molar-refractivity contribution in [2.75, 3.05) is 11.1 Å². The first-order valence-corrected chi connectivity index (χ1v) is 11.9. The minimum absolute atomic E-state index is 0.0582. The van der Waals surface area contributed by atoms with Gasteiger partial charge in [0.25, 0.3) is 5.56 Å². The molecular formula is C20H20N4O2S3. The topological polar surface area (TPSA) is 76.9 Å². The van der Waals surface area contributed by atoms with Crippen LogP contribution in [0.15, 0.2) is 44.6 Å². The number of aromatic nitrogens is 3. The number of carbonyl (C=O) groups excluding carboxylic acids is 1. The third-order valence-electron chi connectivity index (χ3n) is 4.36. The molecule has 1 atom stereocenters. The van der Waals surface area contributed by atoms with Crippen molar-refractivity contribution in [1.29, 1.82) is 0 Å². The van der Waals surface area contributed by atoms with Crippen molar-refractivity contribution in [3.8, 4) is 5.69 Å². The number of fused-ring (bicyclic) bond motifs is 1. The van der Waals surface area contributed by atoms with Crippen LogP contribution in [0.3, 0.4) is 0 Å². The van der Waals surface area contributed by atoms with E-state index in [4.69, 9.17) is 4.98 Å². The summed E-state index contributed by atoms with van der Waals surface area (Å²) in [6.45, 7) is 6.11. The number of nitrogens with zero attached hydrogens (tertiary/aromatic N) is 3. The third kappa shape index (κ3) is 4.41. The summed E-state index contributed by atoms with van der Waals surface area (Å²) < 4.78 is 1.64. The van der Waals surface area contributed by atoms with Gasteiger partial charge in [0, 0.05) is 23.2 Å². The van der Waals surface area contributed by atoms with Crippen LogP contribution in [0, 0.1) is 13.8 Å². The average molecular weight is 445 g/mol. The fourth-order valence-corrected chi connectivity index (χ4v) is 5.75. The summed E-state index contributed by atoms with van der Waals surface area (Å²) in [5, 5.41) is 6.01. The molecular weight excluding hydrogens is 424 g/mol. The Hall–Kier alpha value is -2.10. The van der Waals surface area contributed by atoms with E-state index in [0.717, 1.165) is 28.9 Å². The van der Waals surface area contributed by atoms with Gasteiger partial charge in [-0.15, -0.1) is 23.1 Å². The molecule has 150 valence electrons. The van der Waals surface area contributed by atoms with Crippen LogP contribution in [0.5, 0.6) is 0 Å². The Morgan fingerprint density at radius 3 is 2.76 bits per heavy atom. The molecule has 9 heteroatoms. The Morgan fingerprint density at radius 2 is 2.07 bits per heavy atom. The number of amides is 1. The lowest BCUT2D eigenvalue weighted by molar-refractivity contribution is -0.113. The molecule has 0 bridgehead atoms. The molecule has 3 aromatic rings. The molecule has 0 spiro atoms. The maximum Gasteiger partial charge on any atom is 0.272 e. The predicted molar refractivity (Wildman–Crippen MR) is 120 cm³/mol. The van der Waals surface area contributed by atoms with Crippen LogP contribution < -0.4 is 10.9 Å². The Kier molecular flexibility index (Phi) is 5.80. The van der Waals surface area contributed by atoms with E-state index in [1.165, 1.54) is 23.1 Å². The molecule has 29 heavy (non-hydrogen) atoms. The fourth-order valence-electron chi connectivity index (χ4n) is 3.27. The Morgan fingerprint density at radius 1 is 1.31 bits per heavy atom. The molecule has 1 unspecified atom stereocenters. The summed E-state index contributed by atoms with van der Waals surface area (Å²) >= 11 is 4.22. The van der Waals surface area contributed by atoms with Crippen molar-refractivity contribution < 1.29 is 4.79 Å². The van der Waals surface area contributed by atoms with Crippen LogP contribution in [0.1, 0.15) is 23.7 Å². The number of benzene rings is 1. The zero-order chi connectivity index (χ0) is 20.5. The first-order chi connectivity index (χ1) is 13.9. The first kappa shape index (κ1) is 20.2. The molecule has 1 N–H and O–H groups in total. The third-order valence-corrected chi connectivity index (χ3v) is 7.20. The van der Waals surface area contributed by atoms with Gasteiger partial charge in [-0.2, -0.15) is 0 Å². The lowest BCUT2D eigenvalue weighted by Crippen LogP contribution is -2.25. The van der Waals surface area contributed by atoms with Gasteiger partial charge in [-0.25, -0.2) is 9.97 Å². The van der Waals surface area contributed by atoms with E-state index in [2.05, 4.69) is 23.3 Å². The van der Waals surface area contributed by atoms with Crippen molar-refractivity contribution in [3.63, 3.8) is 0 Å². The Labute approximate surface area is 181 Å². The van der Waals surface area contributed by atoms with E-state index >= 15 is 0 Å². The quantitative estimate of drug-likeness (QED) is 0.472. The summed E-state index contributed by atoms with van der Waals surface area (Å²) in [6.07, 6.45) is 2.41. The van der Waals surface area contributed by atoms with Crippen molar-refractivity contribution in [2.45, 2.75) is 42.5 Å². The average Bonchev–Trinajstić information content (AvgIpc) is 3.28. The van der Waals surface area contributed by atoms with Gasteiger partial charge in [0.05, 0.1) is 22.0 Å². The Balaban J connectivity index is 1.70. The second kappa shape index (κ2) is 8.33. The molecule has 0 fully saturated rings. The second-order valence-electron chi connectivity index (χ2n) is 6.96. The summed E-state index contributed by atoms with van der Waals surface area (Å²) in [7, 11) is 0. The van der Waals surface area contributed by atoms with Gasteiger partial charge < -0.3 is 5.32 Å². The molecule has 4 rings (SSSR count). The van der Waals surface area contributed by atoms with Crippen LogP contribution in [0.2, 0.25) is 0 Å². The number of nitrogens with one attached hydrogen (secondary N) is 1. The number of aryl methyl sites for hydroxylation is 2. The van der Waals surface area contributed by atoms with Crippen LogP contribution in [0.25, 0.3) is 5.69 Å². The molecule has 2 aromatic heterocycles. The van der Waals surface area contributed by atoms with Crippen molar-refractivity contribution >= 4 is 45.9 Å². The lowest BCUT2D eigenvalue weighted by atomic mass is 10.1. The van der Waals surface area contributed by atoms with Crippen LogP contribution >= 0.6 is 34.9 Å². The summed E-state index contributed by atoms with van der Waals surface area (Å²) in [5.74, 6) is -0.0207. The largest absolute Gasteiger partial charge is 0.301 e. The van der Waals surface area contributed by atoms with Gasteiger partial charge in [0.2, 0.25) is 5.91 Å². The van der Waals surface area contributed by atoms with E-state index < -0.39 is 0 Å². The summed E-state index contributed by atoms with van der Waals surface area (Å²) in [4.78, 5) is 35.2. The van der Waals surface area contributed by atoms with Crippen molar-refractivity contribution in [3.05, 3.63) is 57.0 Å². The monoisotopic (exact) mass is 444 g/mol. The van der Waals surface area contributed by atoms with E-state index in [9.17, 15) is 9.59 Å². The minimum atomic E-state index is -0.172. The predicted octanol–water partition coefficient (Wildman–Crippen LogP) is 4.07. The van der Waals surface area contributed by atoms with Gasteiger partial charge in [-0.05, 0) is 37.1 Å². The normalized spacial score (nSPS) is 15.3. The highest BCUT2D eigenvalue weighted by Crippen LogP contribution is 2.35. The molecule has 0 aliphatic carbocycles. The minimum Gasteiger partial charge on any atom is -0.301 e. The zero-order valence-electron chi connectivity index (χ0n) is 16.3. The van der Waals surface area contributed by atoms with Gasteiger partial charge in [0.15, 0.2) is 10.3 Å². The molecule has 1 aliphatic rings. The number of anilines is 1. The van der Waals surface area contributed by atoms with E-state index in [-0.39, 0.29) is 17.2 Å². The fraction of sp³-hybridized carbons (Fsp3) is 0.300. The number of hydrogen-bond acceptors (Lipinski definition) is 7. The maximum atomic E-state index is 13.3. The highest BCUT2D eigenvalue weighted by atomic mass is 32.2. The van der Waals surface area contributed by atoms with E-state index in [1.54, 1.807) is 27.9 Å². The second-order valence-corrected chi connectivity index (χ2v) is 10.2. The number of rotatable bonds is 5. The number of carbonyl (C=O) groups is 1. The SMILES string of the molecule is Cc1cc(C)cc(-n2c(SCC(=O)Nc3nccs3)nc3c(c2=O)SC(C)C3)c1.